The van der Waals surface area contributed by atoms with Gasteiger partial charge in [0.05, 0.1) is 10.6 Å². The van der Waals surface area contributed by atoms with Crippen molar-refractivity contribution >= 4 is 29.2 Å². The van der Waals surface area contributed by atoms with Gasteiger partial charge in [-0.2, -0.15) is 0 Å². The molecule has 1 rings (SSSR count). The van der Waals surface area contributed by atoms with Crippen molar-refractivity contribution in [2.45, 2.75) is 6.92 Å². The molecule has 17 heavy (non-hydrogen) atoms. The lowest BCUT2D eigenvalue weighted by Gasteiger charge is -2.10. The summed E-state index contributed by atoms with van der Waals surface area (Å²) in [4.78, 5) is 22.4. The van der Waals surface area contributed by atoms with Gasteiger partial charge in [0.25, 0.3) is 0 Å². The second kappa shape index (κ2) is 5.65. The summed E-state index contributed by atoms with van der Waals surface area (Å²) in [6.45, 7) is 1.91. The fraction of sp³-hybridized carbons (Fsp3) is 0.273. The predicted octanol–water partition coefficient (Wildman–Crippen LogP) is 1.57. The van der Waals surface area contributed by atoms with Crippen molar-refractivity contribution in [3.8, 4) is 0 Å². The number of hydrogen-bond acceptors (Lipinski definition) is 3. The summed E-state index contributed by atoms with van der Waals surface area (Å²) in [6, 6.07) is 4.27. The van der Waals surface area contributed by atoms with Gasteiger partial charge < -0.3 is 16.2 Å². The second-order valence-electron chi connectivity index (χ2n) is 3.63. The Kier molecular flexibility index (Phi) is 4.48. The SMILES string of the molecule is CC(CN)C(=O)Nc1ccc(Cl)c(C(=O)O)c1. The van der Waals surface area contributed by atoms with Gasteiger partial charge >= 0.3 is 5.97 Å². The number of nitrogens with one attached hydrogen (secondary N) is 1. The Bertz CT molecular complexity index is 448. The Balaban J connectivity index is 2.90. The lowest BCUT2D eigenvalue weighted by atomic mass is 10.1. The van der Waals surface area contributed by atoms with Gasteiger partial charge in [0.15, 0.2) is 0 Å². The van der Waals surface area contributed by atoms with Crippen LogP contribution in [0.1, 0.15) is 17.3 Å². The van der Waals surface area contributed by atoms with Crippen LogP contribution in [0.3, 0.4) is 0 Å². The van der Waals surface area contributed by atoms with Crippen LogP contribution < -0.4 is 11.1 Å². The molecule has 1 aromatic rings. The van der Waals surface area contributed by atoms with Gasteiger partial charge in [-0.3, -0.25) is 4.79 Å². The van der Waals surface area contributed by atoms with E-state index in [2.05, 4.69) is 5.32 Å². The number of anilines is 1. The number of halogens is 1. The summed E-state index contributed by atoms with van der Waals surface area (Å²) in [6.07, 6.45) is 0. The van der Waals surface area contributed by atoms with Crippen LogP contribution in [0.5, 0.6) is 0 Å². The van der Waals surface area contributed by atoms with E-state index in [1.807, 2.05) is 0 Å². The Morgan fingerprint density at radius 2 is 2.18 bits per heavy atom. The van der Waals surface area contributed by atoms with Gasteiger partial charge in [0, 0.05) is 18.2 Å². The van der Waals surface area contributed by atoms with Crippen LogP contribution in [0.15, 0.2) is 18.2 Å². The Morgan fingerprint density at radius 1 is 1.53 bits per heavy atom. The first kappa shape index (κ1) is 13.5. The lowest BCUT2D eigenvalue weighted by Crippen LogP contribution is -2.26. The maximum absolute atomic E-state index is 11.5. The molecule has 0 fully saturated rings. The van der Waals surface area contributed by atoms with Crippen molar-refractivity contribution in [3.63, 3.8) is 0 Å². The molecule has 0 saturated carbocycles. The fourth-order valence-electron chi connectivity index (χ4n) is 1.14. The van der Waals surface area contributed by atoms with Gasteiger partial charge in [0.2, 0.25) is 5.91 Å². The molecule has 5 nitrogen and oxygen atoms in total. The third-order valence-corrected chi connectivity index (χ3v) is 2.60. The van der Waals surface area contributed by atoms with Crippen molar-refractivity contribution in [1.82, 2.24) is 0 Å². The number of carbonyl (C=O) groups excluding carboxylic acids is 1. The molecular formula is C11H13ClN2O3. The molecule has 6 heteroatoms. The number of nitrogens with two attached hydrogens (primary N) is 1. The highest BCUT2D eigenvalue weighted by molar-refractivity contribution is 6.33. The van der Waals surface area contributed by atoms with E-state index in [9.17, 15) is 9.59 Å². The van der Waals surface area contributed by atoms with Gasteiger partial charge in [-0.15, -0.1) is 0 Å². The maximum atomic E-state index is 11.5. The Labute approximate surface area is 104 Å². The molecule has 0 aliphatic heterocycles. The molecule has 1 atom stereocenters. The van der Waals surface area contributed by atoms with E-state index in [1.165, 1.54) is 18.2 Å². The smallest absolute Gasteiger partial charge is 0.337 e. The molecule has 0 saturated heterocycles. The molecule has 0 bridgehead atoms. The zero-order chi connectivity index (χ0) is 13.0. The Morgan fingerprint density at radius 3 is 2.71 bits per heavy atom. The van der Waals surface area contributed by atoms with Gasteiger partial charge in [-0.1, -0.05) is 18.5 Å². The highest BCUT2D eigenvalue weighted by Crippen LogP contribution is 2.20. The number of hydrogen-bond donors (Lipinski definition) is 3. The number of carboxylic acids is 1. The number of carbonyl (C=O) groups is 2. The van der Waals surface area contributed by atoms with Gasteiger partial charge in [-0.25, -0.2) is 4.79 Å². The minimum atomic E-state index is -1.14. The summed E-state index contributed by atoms with van der Waals surface area (Å²) < 4.78 is 0. The number of amides is 1. The minimum Gasteiger partial charge on any atom is -0.478 e. The number of carboxylic acid groups (broad SMARTS) is 1. The summed E-state index contributed by atoms with van der Waals surface area (Å²) in [7, 11) is 0. The quantitative estimate of drug-likeness (QED) is 0.762. The van der Waals surface area contributed by atoms with Crippen LogP contribution in [0, 0.1) is 5.92 Å². The largest absolute Gasteiger partial charge is 0.478 e. The van der Waals surface area contributed by atoms with E-state index in [1.54, 1.807) is 6.92 Å². The summed E-state index contributed by atoms with van der Waals surface area (Å²) >= 11 is 5.70. The van der Waals surface area contributed by atoms with Crippen molar-refractivity contribution < 1.29 is 14.7 Å². The Hall–Kier alpha value is -1.59. The highest BCUT2D eigenvalue weighted by Gasteiger charge is 2.13. The molecule has 0 spiro atoms. The molecule has 1 unspecified atom stereocenters. The first-order valence-electron chi connectivity index (χ1n) is 4.99. The standard InChI is InChI=1S/C11H13ClN2O3/c1-6(5-13)10(15)14-7-2-3-9(12)8(4-7)11(16)17/h2-4,6H,5,13H2,1H3,(H,14,15)(H,16,17). The van der Waals surface area contributed by atoms with Gasteiger partial charge in [-0.05, 0) is 18.2 Å². The fourth-order valence-corrected chi connectivity index (χ4v) is 1.34. The number of benzene rings is 1. The minimum absolute atomic E-state index is 0.0510. The average molecular weight is 257 g/mol. The van der Waals surface area contributed by atoms with Crippen molar-refractivity contribution in [2.75, 3.05) is 11.9 Å². The normalized spacial score (nSPS) is 11.9. The number of aromatic carboxylic acids is 1. The van der Waals surface area contributed by atoms with Crippen LogP contribution >= 0.6 is 11.6 Å². The molecule has 0 aromatic heterocycles. The van der Waals surface area contributed by atoms with E-state index in [0.717, 1.165) is 0 Å². The van der Waals surface area contributed by atoms with Gasteiger partial charge in [0.1, 0.15) is 0 Å². The van der Waals surface area contributed by atoms with Crippen molar-refractivity contribution in [1.29, 1.82) is 0 Å². The van der Waals surface area contributed by atoms with E-state index >= 15 is 0 Å². The van der Waals surface area contributed by atoms with E-state index < -0.39 is 5.97 Å². The second-order valence-corrected chi connectivity index (χ2v) is 4.03. The van der Waals surface area contributed by atoms with Crippen LogP contribution in [0.25, 0.3) is 0 Å². The number of rotatable bonds is 4. The van der Waals surface area contributed by atoms with E-state index in [0.29, 0.717) is 5.69 Å². The molecule has 92 valence electrons. The van der Waals surface area contributed by atoms with Crippen molar-refractivity contribution in [3.05, 3.63) is 28.8 Å². The topological polar surface area (TPSA) is 92.4 Å². The molecular weight excluding hydrogens is 244 g/mol. The molecule has 0 radical (unpaired) electrons. The lowest BCUT2D eigenvalue weighted by molar-refractivity contribution is -0.119. The molecule has 4 N–H and O–H groups in total. The molecule has 0 heterocycles. The zero-order valence-electron chi connectivity index (χ0n) is 9.24. The first-order chi connectivity index (χ1) is 7.95. The molecule has 0 aliphatic carbocycles. The van der Waals surface area contributed by atoms with E-state index in [4.69, 9.17) is 22.4 Å². The summed E-state index contributed by atoms with van der Waals surface area (Å²) in [5.74, 6) is -1.73. The third kappa shape index (κ3) is 3.44. The predicted molar refractivity (Wildman–Crippen MR) is 65.3 cm³/mol. The molecule has 1 amide bonds. The van der Waals surface area contributed by atoms with Crippen LogP contribution in [0.2, 0.25) is 5.02 Å². The van der Waals surface area contributed by atoms with Crippen LogP contribution in [-0.4, -0.2) is 23.5 Å². The zero-order valence-corrected chi connectivity index (χ0v) is 9.99. The third-order valence-electron chi connectivity index (χ3n) is 2.27. The first-order valence-corrected chi connectivity index (χ1v) is 5.37. The monoisotopic (exact) mass is 256 g/mol. The highest BCUT2D eigenvalue weighted by atomic mass is 35.5. The summed E-state index contributed by atoms with van der Waals surface area (Å²) in [5.41, 5.74) is 5.69. The average Bonchev–Trinajstić information content (AvgIpc) is 2.30. The van der Waals surface area contributed by atoms with Crippen LogP contribution in [0.4, 0.5) is 5.69 Å². The van der Waals surface area contributed by atoms with Crippen LogP contribution in [-0.2, 0) is 4.79 Å². The van der Waals surface area contributed by atoms with Crippen molar-refractivity contribution in [2.24, 2.45) is 11.7 Å². The summed E-state index contributed by atoms with van der Waals surface area (Å²) in [5, 5.41) is 11.6. The molecule has 0 aliphatic rings. The molecule has 1 aromatic carbocycles. The maximum Gasteiger partial charge on any atom is 0.337 e. The van der Waals surface area contributed by atoms with E-state index in [-0.39, 0.29) is 29.0 Å².